The molecule has 0 aliphatic rings. The minimum absolute atomic E-state index is 0.159. The summed E-state index contributed by atoms with van der Waals surface area (Å²) >= 11 is 19.9. The van der Waals surface area contributed by atoms with E-state index in [9.17, 15) is 0 Å². The SMILES string of the molecule is Cc1c(CN=[N+]=[N-])nn(-c2ccc(Cl)cc2Cl)c1-c1ccc(Cl)s1. The molecule has 0 saturated heterocycles. The highest BCUT2D eigenvalue weighted by atomic mass is 35.5. The van der Waals surface area contributed by atoms with Crippen LogP contribution in [0.3, 0.4) is 0 Å². The van der Waals surface area contributed by atoms with Crippen LogP contribution in [0.2, 0.25) is 14.4 Å². The molecule has 0 aliphatic heterocycles. The maximum atomic E-state index is 8.58. The molecule has 0 saturated carbocycles. The molecular formula is C15H10Cl3N5S. The molecule has 24 heavy (non-hydrogen) atoms. The van der Waals surface area contributed by atoms with Crippen LogP contribution in [-0.2, 0) is 6.54 Å². The van der Waals surface area contributed by atoms with Crippen LogP contribution >= 0.6 is 46.1 Å². The van der Waals surface area contributed by atoms with Gasteiger partial charge in [0.05, 0.1) is 37.9 Å². The first-order valence-electron chi connectivity index (χ1n) is 6.81. The van der Waals surface area contributed by atoms with E-state index < -0.39 is 0 Å². The molecule has 3 rings (SSSR count). The number of nitrogens with zero attached hydrogens (tertiary/aromatic N) is 5. The van der Waals surface area contributed by atoms with E-state index in [4.69, 9.17) is 40.3 Å². The van der Waals surface area contributed by atoms with Gasteiger partial charge in [0.25, 0.3) is 0 Å². The second kappa shape index (κ2) is 7.05. The summed E-state index contributed by atoms with van der Waals surface area (Å²) in [5, 5.41) is 9.22. The smallest absolute Gasteiger partial charge is 0.0935 e. The van der Waals surface area contributed by atoms with Gasteiger partial charge >= 0.3 is 0 Å². The van der Waals surface area contributed by atoms with Gasteiger partial charge in [-0.25, -0.2) is 4.68 Å². The van der Waals surface area contributed by atoms with Gasteiger partial charge in [0.1, 0.15) is 0 Å². The summed E-state index contributed by atoms with van der Waals surface area (Å²) in [7, 11) is 0. The Kier molecular flexibility index (Phi) is 5.04. The van der Waals surface area contributed by atoms with E-state index in [1.165, 1.54) is 11.3 Å². The van der Waals surface area contributed by atoms with Crippen molar-refractivity contribution in [1.82, 2.24) is 9.78 Å². The van der Waals surface area contributed by atoms with Crippen LogP contribution in [0.1, 0.15) is 11.3 Å². The third kappa shape index (κ3) is 3.24. The van der Waals surface area contributed by atoms with Gasteiger partial charge in [-0.1, -0.05) is 39.9 Å². The van der Waals surface area contributed by atoms with Gasteiger partial charge in [0.15, 0.2) is 0 Å². The van der Waals surface area contributed by atoms with E-state index in [0.717, 1.165) is 16.1 Å². The fourth-order valence-corrected chi connectivity index (χ4v) is 3.97. The topological polar surface area (TPSA) is 66.6 Å². The number of benzene rings is 1. The van der Waals surface area contributed by atoms with E-state index in [-0.39, 0.29) is 6.54 Å². The fraction of sp³-hybridized carbons (Fsp3) is 0.133. The highest BCUT2D eigenvalue weighted by Crippen LogP contribution is 2.37. The van der Waals surface area contributed by atoms with Crippen molar-refractivity contribution in [2.75, 3.05) is 0 Å². The second-order valence-corrected chi connectivity index (χ2v) is 7.48. The molecule has 0 atom stereocenters. The molecule has 2 heterocycles. The van der Waals surface area contributed by atoms with Gasteiger partial charge in [-0.15, -0.1) is 11.3 Å². The lowest BCUT2D eigenvalue weighted by Crippen LogP contribution is -2.00. The highest BCUT2D eigenvalue weighted by Gasteiger charge is 2.19. The van der Waals surface area contributed by atoms with Crippen molar-refractivity contribution < 1.29 is 0 Å². The molecule has 9 heteroatoms. The lowest BCUT2D eigenvalue weighted by atomic mass is 10.1. The summed E-state index contributed by atoms with van der Waals surface area (Å²) in [6.45, 7) is 2.09. The zero-order valence-corrected chi connectivity index (χ0v) is 15.5. The minimum Gasteiger partial charge on any atom is -0.230 e. The predicted octanol–water partition coefficient (Wildman–Crippen LogP) is 6.68. The van der Waals surface area contributed by atoms with E-state index in [1.807, 2.05) is 19.1 Å². The Morgan fingerprint density at radius 2 is 2.04 bits per heavy atom. The van der Waals surface area contributed by atoms with Crippen LogP contribution < -0.4 is 0 Å². The van der Waals surface area contributed by atoms with Crippen molar-refractivity contribution in [3.8, 4) is 16.3 Å². The van der Waals surface area contributed by atoms with Crippen LogP contribution in [0.15, 0.2) is 35.4 Å². The molecule has 3 aromatic rings. The van der Waals surface area contributed by atoms with Crippen LogP contribution in [0.4, 0.5) is 0 Å². The molecule has 0 spiro atoms. The van der Waals surface area contributed by atoms with Crippen LogP contribution in [0, 0.1) is 6.92 Å². The number of thiophene rings is 1. The molecule has 0 radical (unpaired) electrons. The molecule has 0 amide bonds. The average molecular weight is 399 g/mol. The number of hydrogen-bond acceptors (Lipinski definition) is 3. The quantitative estimate of drug-likeness (QED) is 0.274. The van der Waals surface area contributed by atoms with Gasteiger partial charge < -0.3 is 0 Å². The molecule has 2 aromatic heterocycles. The third-order valence-corrected chi connectivity index (χ3v) is 5.22. The molecule has 0 aliphatic carbocycles. The fourth-order valence-electron chi connectivity index (χ4n) is 2.35. The Labute approximate surface area is 157 Å². The molecule has 122 valence electrons. The normalized spacial score (nSPS) is 10.7. The average Bonchev–Trinajstić information content (AvgIpc) is 3.09. The monoisotopic (exact) mass is 397 g/mol. The zero-order chi connectivity index (χ0) is 17.3. The van der Waals surface area contributed by atoms with E-state index in [0.29, 0.717) is 25.8 Å². The summed E-state index contributed by atoms with van der Waals surface area (Å²) in [5.74, 6) is 0. The Balaban J connectivity index is 2.25. The molecule has 0 unspecified atom stereocenters. The first kappa shape index (κ1) is 17.1. The van der Waals surface area contributed by atoms with Crippen molar-refractivity contribution in [3.05, 3.63) is 66.4 Å². The van der Waals surface area contributed by atoms with E-state index >= 15 is 0 Å². The lowest BCUT2D eigenvalue weighted by Gasteiger charge is -2.09. The van der Waals surface area contributed by atoms with Crippen LogP contribution in [0.5, 0.6) is 0 Å². The van der Waals surface area contributed by atoms with Crippen molar-refractivity contribution >= 4 is 46.1 Å². The Bertz CT molecular complexity index is 956. The highest BCUT2D eigenvalue weighted by molar-refractivity contribution is 7.19. The summed E-state index contributed by atoms with van der Waals surface area (Å²) in [5.41, 5.74) is 11.7. The van der Waals surface area contributed by atoms with Crippen molar-refractivity contribution in [3.63, 3.8) is 0 Å². The van der Waals surface area contributed by atoms with Gasteiger partial charge in [-0.2, -0.15) is 5.10 Å². The standard InChI is InChI=1S/C15H10Cl3N5S/c1-8-11(7-20-22-19)21-23(12-3-2-9(16)6-10(12)17)15(8)13-4-5-14(18)24-13/h2-6H,7H2,1H3. The van der Waals surface area contributed by atoms with Gasteiger partial charge in [0, 0.05) is 9.93 Å². The van der Waals surface area contributed by atoms with Gasteiger partial charge in [-0.3, -0.25) is 0 Å². The second-order valence-electron chi connectivity index (χ2n) is 4.92. The van der Waals surface area contributed by atoms with Crippen molar-refractivity contribution in [2.24, 2.45) is 5.11 Å². The van der Waals surface area contributed by atoms with Crippen molar-refractivity contribution in [1.29, 1.82) is 0 Å². The zero-order valence-electron chi connectivity index (χ0n) is 12.4. The van der Waals surface area contributed by atoms with Gasteiger partial charge in [0.2, 0.25) is 0 Å². The molecule has 0 fully saturated rings. The molecule has 5 nitrogen and oxygen atoms in total. The number of rotatable bonds is 4. The number of azide groups is 1. The first-order valence-corrected chi connectivity index (χ1v) is 8.76. The maximum absolute atomic E-state index is 8.58. The van der Waals surface area contributed by atoms with Crippen molar-refractivity contribution in [2.45, 2.75) is 13.5 Å². The van der Waals surface area contributed by atoms with Crippen LogP contribution in [0.25, 0.3) is 26.7 Å². The Morgan fingerprint density at radius 1 is 1.25 bits per heavy atom. The van der Waals surface area contributed by atoms with E-state index in [1.54, 1.807) is 22.9 Å². The van der Waals surface area contributed by atoms with Crippen LogP contribution in [-0.4, -0.2) is 9.78 Å². The lowest BCUT2D eigenvalue weighted by molar-refractivity contribution is 0.836. The third-order valence-electron chi connectivity index (χ3n) is 3.45. The molecule has 1 aromatic carbocycles. The largest absolute Gasteiger partial charge is 0.230 e. The molecule has 0 bridgehead atoms. The summed E-state index contributed by atoms with van der Waals surface area (Å²) < 4.78 is 2.41. The maximum Gasteiger partial charge on any atom is 0.0935 e. The first-order chi connectivity index (χ1) is 11.5. The minimum atomic E-state index is 0.159. The Morgan fingerprint density at radius 3 is 2.67 bits per heavy atom. The Hall–Kier alpha value is -1.69. The van der Waals surface area contributed by atoms with Gasteiger partial charge in [-0.05, 0) is 48.4 Å². The number of hydrogen-bond donors (Lipinski definition) is 0. The molecular weight excluding hydrogens is 389 g/mol. The summed E-state index contributed by atoms with van der Waals surface area (Å²) in [4.78, 5) is 3.75. The predicted molar refractivity (Wildman–Crippen MR) is 99.5 cm³/mol. The van der Waals surface area contributed by atoms with E-state index in [2.05, 4.69) is 15.1 Å². The number of halogens is 3. The summed E-state index contributed by atoms with van der Waals surface area (Å²) in [6.07, 6.45) is 0. The molecule has 0 N–H and O–H groups in total. The number of aromatic nitrogens is 2. The summed E-state index contributed by atoms with van der Waals surface area (Å²) in [6, 6.07) is 8.96.